The maximum atomic E-state index is 6.44. The monoisotopic (exact) mass is 503 g/mol. The van der Waals surface area contributed by atoms with Crippen molar-refractivity contribution in [2.75, 3.05) is 5.32 Å². The summed E-state index contributed by atoms with van der Waals surface area (Å²) in [6, 6.07) is 6.41. The van der Waals surface area contributed by atoms with E-state index in [-0.39, 0.29) is 6.04 Å². The molecule has 1 saturated carbocycles. The summed E-state index contributed by atoms with van der Waals surface area (Å²) in [6.07, 6.45) is 4.81. The van der Waals surface area contributed by atoms with Gasteiger partial charge in [0.1, 0.15) is 5.15 Å². The lowest BCUT2D eigenvalue weighted by Crippen LogP contribution is -2.31. The van der Waals surface area contributed by atoms with Gasteiger partial charge in [0, 0.05) is 34.3 Å². The zero-order valence-corrected chi connectivity index (χ0v) is 18.1. The van der Waals surface area contributed by atoms with Gasteiger partial charge in [-0.2, -0.15) is 0 Å². The summed E-state index contributed by atoms with van der Waals surface area (Å²) in [4.78, 5) is 7.30. The number of nitrogens with zero attached hydrogens (tertiary/aromatic N) is 1. The third-order valence-corrected chi connectivity index (χ3v) is 8.64. The zero-order chi connectivity index (χ0) is 17.4. The second kappa shape index (κ2) is 7.68. The molecule has 1 aliphatic rings. The van der Waals surface area contributed by atoms with Crippen molar-refractivity contribution in [2.45, 2.75) is 44.2 Å². The number of anilines is 1. The third-order valence-electron chi connectivity index (χ3n) is 4.77. The molecule has 3 N–H and O–H groups in total. The van der Waals surface area contributed by atoms with Crippen molar-refractivity contribution in [3.05, 3.63) is 42.1 Å². The summed E-state index contributed by atoms with van der Waals surface area (Å²) in [5, 5.41) is 6.19. The molecule has 3 aromatic rings. The number of pyridine rings is 1. The van der Waals surface area contributed by atoms with Crippen molar-refractivity contribution in [3.63, 3.8) is 0 Å². The molecule has 0 bridgehead atoms. The number of thiophene rings is 2. The Morgan fingerprint density at radius 1 is 1.36 bits per heavy atom. The first-order valence-corrected chi connectivity index (χ1v) is 11.6. The molecule has 132 valence electrons. The minimum Gasteiger partial charge on any atom is -0.379 e. The number of halogens is 2. The van der Waals surface area contributed by atoms with E-state index in [9.17, 15) is 0 Å². The van der Waals surface area contributed by atoms with Gasteiger partial charge in [0.25, 0.3) is 0 Å². The van der Waals surface area contributed by atoms with Crippen molar-refractivity contribution >= 4 is 72.8 Å². The van der Waals surface area contributed by atoms with Crippen LogP contribution < -0.4 is 11.1 Å². The van der Waals surface area contributed by atoms with Crippen LogP contribution in [0, 0.1) is 3.57 Å². The van der Waals surface area contributed by atoms with E-state index in [0.29, 0.717) is 11.1 Å². The van der Waals surface area contributed by atoms with Gasteiger partial charge >= 0.3 is 0 Å². The Morgan fingerprint density at radius 2 is 2.20 bits per heavy atom. The first kappa shape index (κ1) is 18.0. The minimum absolute atomic E-state index is 0.258. The molecule has 3 nitrogen and oxygen atoms in total. The Hall–Kier alpha value is -0.410. The number of hydrogen-bond donors (Lipinski definition) is 2. The first-order chi connectivity index (χ1) is 12.1. The molecule has 1 fully saturated rings. The van der Waals surface area contributed by atoms with E-state index in [2.05, 4.69) is 50.4 Å². The second-order valence-corrected chi connectivity index (χ2v) is 9.99. The van der Waals surface area contributed by atoms with Gasteiger partial charge in [-0.25, -0.2) is 4.98 Å². The Bertz CT molecular complexity index is 878. The number of nitrogens with two attached hydrogens (primary N) is 1. The summed E-state index contributed by atoms with van der Waals surface area (Å²) >= 11 is 12.3. The molecule has 2 atom stereocenters. The van der Waals surface area contributed by atoms with Gasteiger partial charge < -0.3 is 11.1 Å². The molecule has 0 aromatic carbocycles. The summed E-state index contributed by atoms with van der Waals surface area (Å²) in [5.41, 5.74) is 8.52. The summed E-state index contributed by atoms with van der Waals surface area (Å²) in [7, 11) is 0. The molecule has 7 heteroatoms. The number of fused-ring (bicyclic) bond motifs is 1. The SMILES string of the molecule is N[C@@H]1CCCC[C@H]1c1sc2c(NCc3cccs3)cc(Cl)nc2c1I. The van der Waals surface area contributed by atoms with Gasteiger partial charge in [0.05, 0.1) is 19.5 Å². The quantitative estimate of drug-likeness (QED) is 0.329. The van der Waals surface area contributed by atoms with Crippen molar-refractivity contribution in [3.8, 4) is 0 Å². The van der Waals surface area contributed by atoms with Crippen LogP contribution in [-0.4, -0.2) is 11.0 Å². The Kier molecular flexibility index (Phi) is 5.52. The molecule has 0 spiro atoms. The molecular weight excluding hydrogens is 485 g/mol. The standard InChI is InChI=1S/C18H19ClIN3S2/c19-14-8-13(22-9-10-4-3-7-24-10)18-16(23-14)15(20)17(25-18)11-5-1-2-6-12(11)21/h3-4,7-8,11-12H,1-2,5-6,9,21H2,(H,22,23)/t11-,12-/m1/s1. The fourth-order valence-electron chi connectivity index (χ4n) is 3.48. The van der Waals surface area contributed by atoms with Crippen LogP contribution in [0.1, 0.15) is 41.4 Å². The van der Waals surface area contributed by atoms with Crippen molar-refractivity contribution in [2.24, 2.45) is 5.73 Å². The van der Waals surface area contributed by atoms with Gasteiger partial charge in [0.2, 0.25) is 0 Å². The van der Waals surface area contributed by atoms with Crippen LogP contribution >= 0.6 is 56.9 Å². The Morgan fingerprint density at radius 3 is 2.96 bits per heavy atom. The van der Waals surface area contributed by atoms with E-state index >= 15 is 0 Å². The number of aromatic nitrogens is 1. The average Bonchev–Trinajstić information content (AvgIpc) is 3.22. The maximum absolute atomic E-state index is 6.44. The third kappa shape index (κ3) is 3.69. The normalized spacial score (nSPS) is 20.9. The highest BCUT2D eigenvalue weighted by Crippen LogP contribution is 2.44. The molecule has 0 saturated heterocycles. The molecule has 3 aromatic heterocycles. The molecule has 3 heterocycles. The Balaban J connectivity index is 1.72. The maximum Gasteiger partial charge on any atom is 0.131 e. The van der Waals surface area contributed by atoms with E-state index in [1.54, 1.807) is 11.3 Å². The molecule has 1 aliphatic carbocycles. The van der Waals surface area contributed by atoms with Gasteiger partial charge in [-0.05, 0) is 46.9 Å². The van der Waals surface area contributed by atoms with Crippen molar-refractivity contribution in [1.82, 2.24) is 4.98 Å². The molecule has 0 aliphatic heterocycles. The molecule has 4 rings (SSSR count). The fraction of sp³-hybridized carbons (Fsp3) is 0.389. The van der Waals surface area contributed by atoms with Gasteiger partial charge in [0.15, 0.2) is 0 Å². The van der Waals surface area contributed by atoms with Crippen LogP contribution in [0.4, 0.5) is 5.69 Å². The summed E-state index contributed by atoms with van der Waals surface area (Å²) in [5.74, 6) is 0.448. The number of hydrogen-bond acceptors (Lipinski definition) is 5. The lowest BCUT2D eigenvalue weighted by atomic mass is 9.84. The van der Waals surface area contributed by atoms with Crippen LogP contribution in [-0.2, 0) is 6.54 Å². The minimum atomic E-state index is 0.258. The van der Waals surface area contributed by atoms with Crippen molar-refractivity contribution in [1.29, 1.82) is 0 Å². The van der Waals surface area contributed by atoms with E-state index in [1.165, 1.54) is 37.3 Å². The van der Waals surface area contributed by atoms with Crippen LogP contribution in [0.3, 0.4) is 0 Å². The predicted molar refractivity (Wildman–Crippen MR) is 118 cm³/mol. The molecule has 0 unspecified atom stereocenters. The zero-order valence-electron chi connectivity index (χ0n) is 13.6. The molecule has 0 amide bonds. The predicted octanol–water partition coefficient (Wildman–Crippen LogP) is 6.21. The lowest BCUT2D eigenvalue weighted by Gasteiger charge is -2.28. The van der Waals surface area contributed by atoms with Gasteiger partial charge in [-0.15, -0.1) is 22.7 Å². The highest BCUT2D eigenvalue weighted by Gasteiger charge is 2.28. The van der Waals surface area contributed by atoms with Crippen LogP contribution in [0.5, 0.6) is 0 Å². The van der Waals surface area contributed by atoms with E-state index in [0.717, 1.165) is 24.2 Å². The fourth-order valence-corrected chi connectivity index (χ4v) is 6.95. The smallest absolute Gasteiger partial charge is 0.131 e. The van der Waals surface area contributed by atoms with E-state index < -0.39 is 0 Å². The van der Waals surface area contributed by atoms with Crippen LogP contribution in [0.25, 0.3) is 10.2 Å². The topological polar surface area (TPSA) is 50.9 Å². The lowest BCUT2D eigenvalue weighted by molar-refractivity contribution is 0.389. The second-order valence-electron chi connectivity index (χ2n) is 6.44. The van der Waals surface area contributed by atoms with E-state index in [1.807, 2.05) is 17.4 Å². The van der Waals surface area contributed by atoms with E-state index in [4.69, 9.17) is 17.3 Å². The summed E-state index contributed by atoms with van der Waals surface area (Å²) in [6.45, 7) is 0.805. The first-order valence-electron chi connectivity index (χ1n) is 8.43. The molecule has 25 heavy (non-hydrogen) atoms. The number of rotatable bonds is 4. The molecular formula is C18H19ClIN3S2. The Labute approximate surface area is 174 Å². The highest BCUT2D eigenvalue weighted by atomic mass is 127. The number of nitrogens with one attached hydrogen (secondary N) is 1. The summed E-state index contributed by atoms with van der Waals surface area (Å²) < 4.78 is 2.42. The van der Waals surface area contributed by atoms with Gasteiger partial charge in [-0.1, -0.05) is 30.5 Å². The van der Waals surface area contributed by atoms with Crippen LogP contribution in [0.2, 0.25) is 5.15 Å². The highest BCUT2D eigenvalue weighted by molar-refractivity contribution is 14.1. The van der Waals surface area contributed by atoms with Crippen molar-refractivity contribution < 1.29 is 0 Å². The largest absolute Gasteiger partial charge is 0.379 e. The molecule has 0 radical (unpaired) electrons. The average molecular weight is 504 g/mol. The van der Waals surface area contributed by atoms with Gasteiger partial charge in [-0.3, -0.25) is 0 Å². The van der Waals surface area contributed by atoms with Crippen LogP contribution in [0.15, 0.2) is 23.6 Å².